The minimum absolute atomic E-state index is 0.142. The van der Waals surface area contributed by atoms with E-state index in [9.17, 15) is 4.79 Å². The van der Waals surface area contributed by atoms with Crippen LogP contribution in [0.4, 0.5) is 0 Å². The van der Waals surface area contributed by atoms with Crippen LogP contribution in [0.5, 0.6) is 5.75 Å². The fraction of sp³-hybridized carbons (Fsp3) is 0.240. The highest BCUT2D eigenvalue weighted by molar-refractivity contribution is 5.81. The lowest BCUT2D eigenvalue weighted by Crippen LogP contribution is -2.39. The number of nitrogens with one attached hydrogen (secondary N) is 1. The quantitative estimate of drug-likeness (QED) is 0.638. The third-order valence-corrected chi connectivity index (χ3v) is 4.99. The fourth-order valence-corrected chi connectivity index (χ4v) is 3.28. The van der Waals surface area contributed by atoms with Crippen molar-refractivity contribution in [2.45, 2.75) is 39.8 Å². The molecule has 1 amide bonds. The van der Waals surface area contributed by atoms with Gasteiger partial charge in [-0.3, -0.25) is 4.79 Å². The van der Waals surface area contributed by atoms with Gasteiger partial charge in [0.2, 0.25) is 0 Å². The Kier molecular flexibility index (Phi) is 6.15. The standard InChI is InChI=1S/C25H27NO2/c1-17-15-18(2)19(3)23(16-17)28-20(4)25(27)26-24(21-11-7-5-8-12-21)22-13-9-6-10-14-22/h5-16,20,24H,1-4H3,(H,26,27)/t20-/m0/s1. The van der Waals surface area contributed by atoms with Crippen molar-refractivity contribution in [3.05, 3.63) is 101 Å². The molecule has 1 N–H and O–H groups in total. The zero-order valence-corrected chi connectivity index (χ0v) is 16.9. The van der Waals surface area contributed by atoms with Crippen LogP contribution in [0.1, 0.15) is 40.8 Å². The smallest absolute Gasteiger partial charge is 0.261 e. The van der Waals surface area contributed by atoms with E-state index in [0.717, 1.165) is 33.6 Å². The van der Waals surface area contributed by atoms with E-state index in [0.29, 0.717) is 0 Å². The Morgan fingerprint density at radius 2 is 1.39 bits per heavy atom. The summed E-state index contributed by atoms with van der Waals surface area (Å²) in [6.45, 7) is 7.90. The first kappa shape index (κ1) is 19.7. The van der Waals surface area contributed by atoms with E-state index in [1.54, 1.807) is 6.92 Å². The largest absolute Gasteiger partial charge is 0.481 e. The third-order valence-electron chi connectivity index (χ3n) is 4.99. The molecule has 3 nitrogen and oxygen atoms in total. The molecule has 28 heavy (non-hydrogen) atoms. The SMILES string of the molecule is Cc1cc(C)c(C)c(O[C@@H](C)C(=O)NC(c2ccccc2)c2ccccc2)c1. The maximum Gasteiger partial charge on any atom is 0.261 e. The molecule has 0 saturated heterocycles. The van der Waals surface area contributed by atoms with Crippen molar-refractivity contribution in [3.63, 3.8) is 0 Å². The predicted octanol–water partition coefficient (Wildman–Crippen LogP) is 5.28. The molecule has 144 valence electrons. The van der Waals surface area contributed by atoms with Crippen molar-refractivity contribution in [1.29, 1.82) is 0 Å². The van der Waals surface area contributed by atoms with E-state index < -0.39 is 6.10 Å². The molecule has 3 rings (SSSR count). The summed E-state index contributed by atoms with van der Waals surface area (Å²) in [5.41, 5.74) is 5.42. The van der Waals surface area contributed by atoms with E-state index in [-0.39, 0.29) is 11.9 Å². The second-order valence-electron chi connectivity index (χ2n) is 7.23. The average molecular weight is 373 g/mol. The summed E-state index contributed by atoms with van der Waals surface area (Å²) in [6.07, 6.45) is -0.602. The van der Waals surface area contributed by atoms with Gasteiger partial charge in [-0.15, -0.1) is 0 Å². The van der Waals surface area contributed by atoms with Crippen LogP contribution in [0.15, 0.2) is 72.8 Å². The lowest BCUT2D eigenvalue weighted by atomic mass is 9.98. The van der Waals surface area contributed by atoms with Crippen molar-refractivity contribution < 1.29 is 9.53 Å². The molecule has 0 fully saturated rings. The molecular formula is C25H27NO2. The van der Waals surface area contributed by atoms with E-state index in [2.05, 4.69) is 18.3 Å². The van der Waals surface area contributed by atoms with Crippen LogP contribution in [0.2, 0.25) is 0 Å². The van der Waals surface area contributed by atoms with Gasteiger partial charge in [0, 0.05) is 0 Å². The van der Waals surface area contributed by atoms with Gasteiger partial charge in [0.05, 0.1) is 6.04 Å². The van der Waals surface area contributed by atoms with Crippen LogP contribution >= 0.6 is 0 Å². The Labute approximate surface area is 167 Å². The van der Waals surface area contributed by atoms with Gasteiger partial charge in [-0.25, -0.2) is 0 Å². The number of carbonyl (C=O) groups excluding carboxylic acids is 1. The van der Waals surface area contributed by atoms with Gasteiger partial charge in [-0.1, -0.05) is 66.7 Å². The minimum atomic E-state index is -0.602. The van der Waals surface area contributed by atoms with E-state index >= 15 is 0 Å². The Hall–Kier alpha value is -3.07. The maximum atomic E-state index is 12.9. The summed E-state index contributed by atoms with van der Waals surface area (Å²) < 4.78 is 6.03. The molecule has 3 aromatic rings. The van der Waals surface area contributed by atoms with Crippen molar-refractivity contribution in [1.82, 2.24) is 5.32 Å². The van der Waals surface area contributed by atoms with Gasteiger partial charge in [-0.2, -0.15) is 0 Å². The number of ether oxygens (including phenoxy) is 1. The van der Waals surface area contributed by atoms with E-state index in [1.807, 2.05) is 80.6 Å². The monoisotopic (exact) mass is 373 g/mol. The van der Waals surface area contributed by atoms with Crippen LogP contribution in [-0.4, -0.2) is 12.0 Å². The molecule has 0 unspecified atom stereocenters. The zero-order valence-electron chi connectivity index (χ0n) is 16.9. The first-order valence-corrected chi connectivity index (χ1v) is 9.60. The Morgan fingerprint density at radius 3 is 1.93 bits per heavy atom. The number of amides is 1. The topological polar surface area (TPSA) is 38.3 Å². The summed E-state index contributed by atoms with van der Waals surface area (Å²) in [4.78, 5) is 12.9. The van der Waals surface area contributed by atoms with Crippen molar-refractivity contribution in [2.75, 3.05) is 0 Å². The lowest BCUT2D eigenvalue weighted by molar-refractivity contribution is -0.127. The lowest BCUT2D eigenvalue weighted by Gasteiger charge is -2.23. The van der Waals surface area contributed by atoms with Crippen LogP contribution in [-0.2, 0) is 4.79 Å². The highest BCUT2D eigenvalue weighted by Gasteiger charge is 2.22. The van der Waals surface area contributed by atoms with Gasteiger partial charge in [0.1, 0.15) is 5.75 Å². The summed E-state index contributed by atoms with van der Waals surface area (Å²) >= 11 is 0. The number of rotatable bonds is 6. The Morgan fingerprint density at radius 1 is 0.857 bits per heavy atom. The van der Waals surface area contributed by atoms with Gasteiger partial charge in [0.25, 0.3) is 5.91 Å². The second kappa shape index (κ2) is 8.75. The number of carbonyl (C=O) groups is 1. The van der Waals surface area contributed by atoms with E-state index in [1.165, 1.54) is 0 Å². The summed E-state index contributed by atoms with van der Waals surface area (Å²) in [5.74, 6) is 0.618. The first-order chi connectivity index (χ1) is 13.5. The summed E-state index contributed by atoms with van der Waals surface area (Å²) in [5, 5.41) is 3.15. The molecule has 0 heterocycles. The zero-order chi connectivity index (χ0) is 20.1. The molecule has 0 aliphatic heterocycles. The van der Waals surface area contributed by atoms with Crippen LogP contribution in [0.25, 0.3) is 0 Å². The van der Waals surface area contributed by atoms with Crippen LogP contribution in [0, 0.1) is 20.8 Å². The van der Waals surface area contributed by atoms with Crippen LogP contribution < -0.4 is 10.1 Å². The van der Waals surface area contributed by atoms with E-state index in [4.69, 9.17) is 4.74 Å². The number of aryl methyl sites for hydroxylation is 2. The van der Waals surface area contributed by atoms with Crippen molar-refractivity contribution in [3.8, 4) is 5.75 Å². The molecular weight excluding hydrogens is 346 g/mol. The molecule has 0 saturated carbocycles. The number of hydrogen-bond acceptors (Lipinski definition) is 2. The molecule has 0 aromatic heterocycles. The maximum absolute atomic E-state index is 12.9. The fourth-order valence-electron chi connectivity index (χ4n) is 3.28. The second-order valence-corrected chi connectivity index (χ2v) is 7.23. The molecule has 0 bridgehead atoms. The molecule has 3 heteroatoms. The number of benzene rings is 3. The highest BCUT2D eigenvalue weighted by Crippen LogP contribution is 2.25. The summed E-state index contributed by atoms with van der Waals surface area (Å²) in [7, 11) is 0. The Balaban J connectivity index is 1.80. The van der Waals surface area contributed by atoms with Crippen molar-refractivity contribution >= 4 is 5.91 Å². The van der Waals surface area contributed by atoms with Crippen molar-refractivity contribution in [2.24, 2.45) is 0 Å². The third kappa shape index (κ3) is 4.61. The molecule has 1 atom stereocenters. The van der Waals surface area contributed by atoms with Crippen LogP contribution in [0.3, 0.4) is 0 Å². The molecule has 0 aliphatic rings. The molecule has 0 spiro atoms. The molecule has 0 aliphatic carbocycles. The highest BCUT2D eigenvalue weighted by atomic mass is 16.5. The molecule has 3 aromatic carbocycles. The van der Waals surface area contributed by atoms with Gasteiger partial charge in [0.15, 0.2) is 6.10 Å². The normalized spacial score (nSPS) is 11.9. The Bertz CT molecular complexity index is 896. The van der Waals surface area contributed by atoms with Gasteiger partial charge in [-0.05, 0) is 61.6 Å². The van der Waals surface area contributed by atoms with Gasteiger partial charge >= 0.3 is 0 Å². The summed E-state index contributed by atoms with van der Waals surface area (Å²) in [6, 6.07) is 23.9. The molecule has 0 radical (unpaired) electrons. The first-order valence-electron chi connectivity index (χ1n) is 9.60. The predicted molar refractivity (Wildman–Crippen MR) is 114 cm³/mol. The minimum Gasteiger partial charge on any atom is -0.481 e. The van der Waals surface area contributed by atoms with Gasteiger partial charge < -0.3 is 10.1 Å². The number of hydrogen-bond donors (Lipinski definition) is 1. The average Bonchev–Trinajstić information content (AvgIpc) is 2.71.